The molecule has 1 amide bonds. The summed E-state index contributed by atoms with van der Waals surface area (Å²) in [6.07, 6.45) is 0.435. The molecule has 0 saturated carbocycles. The summed E-state index contributed by atoms with van der Waals surface area (Å²) in [4.78, 5) is 15.2. The molecular weight excluding hydrogens is 324 g/mol. The van der Waals surface area contributed by atoms with Crippen molar-refractivity contribution in [2.24, 2.45) is 11.7 Å². The highest BCUT2D eigenvalue weighted by Gasteiger charge is 2.30. The van der Waals surface area contributed by atoms with Crippen LogP contribution in [0.3, 0.4) is 0 Å². The van der Waals surface area contributed by atoms with Crippen LogP contribution in [-0.2, 0) is 9.53 Å². The Morgan fingerprint density at radius 2 is 2.41 bits per heavy atom. The van der Waals surface area contributed by atoms with Gasteiger partial charge in [0.1, 0.15) is 0 Å². The number of halogens is 1. The minimum absolute atomic E-state index is 0. The summed E-state index contributed by atoms with van der Waals surface area (Å²) in [5, 5.41) is 12.2. The summed E-state index contributed by atoms with van der Waals surface area (Å²) in [5.74, 6) is 0.294. The fourth-order valence-corrected chi connectivity index (χ4v) is 3.26. The van der Waals surface area contributed by atoms with Crippen molar-refractivity contribution >= 4 is 29.7 Å². The van der Waals surface area contributed by atoms with Crippen molar-refractivity contribution in [2.75, 3.05) is 26.3 Å². The molecule has 0 radical (unpaired) electrons. The number of ether oxygens (including phenoxy) is 1. The lowest BCUT2D eigenvalue weighted by atomic mass is 10.0. The molecule has 0 bridgehead atoms. The summed E-state index contributed by atoms with van der Waals surface area (Å²) in [5.41, 5.74) is 5.60. The molecule has 0 aromatic carbocycles. The van der Waals surface area contributed by atoms with Gasteiger partial charge in [0.05, 0.1) is 25.4 Å². The summed E-state index contributed by atoms with van der Waals surface area (Å²) < 4.78 is 5.49. The van der Waals surface area contributed by atoms with Crippen molar-refractivity contribution in [3.63, 3.8) is 0 Å². The highest BCUT2D eigenvalue weighted by molar-refractivity contribution is 7.10. The van der Waals surface area contributed by atoms with E-state index in [2.05, 4.69) is 0 Å². The van der Waals surface area contributed by atoms with Crippen molar-refractivity contribution in [2.45, 2.75) is 31.9 Å². The number of hydrogen-bond donors (Lipinski definition) is 2. The van der Waals surface area contributed by atoms with Crippen LogP contribution in [0.25, 0.3) is 0 Å². The Labute approximate surface area is 141 Å². The Kier molecular flexibility index (Phi) is 8.35. The van der Waals surface area contributed by atoms with Crippen LogP contribution in [0, 0.1) is 5.92 Å². The van der Waals surface area contributed by atoms with Gasteiger partial charge in [-0.25, -0.2) is 0 Å². The molecule has 1 aliphatic rings. The summed E-state index contributed by atoms with van der Waals surface area (Å²) in [7, 11) is 0. The van der Waals surface area contributed by atoms with Crippen molar-refractivity contribution in [1.82, 2.24) is 4.90 Å². The Bertz CT molecular complexity index is 444. The van der Waals surface area contributed by atoms with Gasteiger partial charge in [-0.3, -0.25) is 4.79 Å². The average Bonchev–Trinajstić information content (AvgIpc) is 3.01. The van der Waals surface area contributed by atoms with E-state index in [-0.39, 0.29) is 30.3 Å². The molecule has 2 heterocycles. The van der Waals surface area contributed by atoms with Crippen LogP contribution >= 0.6 is 23.7 Å². The molecule has 2 rings (SSSR count). The van der Waals surface area contributed by atoms with E-state index in [4.69, 9.17) is 10.5 Å². The Hall–Kier alpha value is -0.660. The molecule has 1 aromatic heterocycles. The quantitative estimate of drug-likeness (QED) is 0.822. The second-order valence-electron chi connectivity index (χ2n) is 5.63. The smallest absolute Gasteiger partial charge is 0.223 e. The molecule has 22 heavy (non-hydrogen) atoms. The first-order valence-electron chi connectivity index (χ1n) is 7.40. The number of amides is 1. The van der Waals surface area contributed by atoms with Gasteiger partial charge in [0.2, 0.25) is 5.91 Å². The SMILES string of the molecule is CC(CN)CC(=O)N1CCOCC1CC(O)c1cccs1.Cl. The molecule has 3 unspecified atom stereocenters. The number of aliphatic hydroxyl groups excluding tert-OH is 1. The second-order valence-corrected chi connectivity index (χ2v) is 6.61. The molecule has 3 N–H and O–H groups in total. The topological polar surface area (TPSA) is 75.8 Å². The van der Waals surface area contributed by atoms with E-state index in [1.165, 1.54) is 11.3 Å². The summed E-state index contributed by atoms with van der Waals surface area (Å²) in [6.45, 7) is 4.14. The van der Waals surface area contributed by atoms with Gasteiger partial charge < -0.3 is 20.5 Å². The number of carbonyl (C=O) groups excluding carboxylic acids is 1. The normalized spacial score (nSPS) is 21.0. The first kappa shape index (κ1) is 19.4. The van der Waals surface area contributed by atoms with E-state index in [1.54, 1.807) is 0 Å². The van der Waals surface area contributed by atoms with Crippen LogP contribution in [0.15, 0.2) is 17.5 Å². The molecule has 5 nitrogen and oxygen atoms in total. The zero-order valence-corrected chi connectivity index (χ0v) is 14.4. The molecule has 3 atom stereocenters. The number of nitrogens with two attached hydrogens (primary N) is 1. The molecule has 0 spiro atoms. The molecule has 1 aliphatic heterocycles. The number of hydrogen-bond acceptors (Lipinski definition) is 5. The van der Waals surface area contributed by atoms with E-state index in [9.17, 15) is 9.90 Å². The minimum Gasteiger partial charge on any atom is -0.387 e. The van der Waals surface area contributed by atoms with Gasteiger partial charge >= 0.3 is 0 Å². The van der Waals surface area contributed by atoms with E-state index >= 15 is 0 Å². The molecule has 1 fully saturated rings. The maximum atomic E-state index is 12.4. The minimum atomic E-state index is -0.543. The second kappa shape index (κ2) is 9.47. The number of carbonyl (C=O) groups is 1. The number of morpholine rings is 1. The van der Waals surface area contributed by atoms with Crippen molar-refractivity contribution < 1.29 is 14.6 Å². The fourth-order valence-electron chi connectivity index (χ4n) is 2.53. The predicted octanol–water partition coefficient (Wildman–Crippen LogP) is 1.81. The lowest BCUT2D eigenvalue weighted by Crippen LogP contribution is -2.49. The first-order valence-corrected chi connectivity index (χ1v) is 8.28. The molecule has 0 aliphatic carbocycles. The standard InChI is InChI=1S/C15H24N2O3S.ClH/c1-11(9-16)7-15(19)17-4-5-20-10-12(17)8-13(18)14-3-2-6-21-14;/h2-3,6,11-13,18H,4-5,7-10,16H2,1H3;1H. The third-order valence-corrected chi connectivity index (χ3v) is 4.81. The Morgan fingerprint density at radius 1 is 1.64 bits per heavy atom. The van der Waals surface area contributed by atoms with Gasteiger partial charge in [-0.1, -0.05) is 13.0 Å². The van der Waals surface area contributed by atoms with Crippen LogP contribution in [0.4, 0.5) is 0 Å². The molecule has 1 aromatic rings. The number of aliphatic hydroxyl groups is 1. The van der Waals surface area contributed by atoms with Crippen LogP contribution in [-0.4, -0.2) is 48.3 Å². The van der Waals surface area contributed by atoms with Gasteiger partial charge in [-0.05, 0) is 23.9 Å². The largest absolute Gasteiger partial charge is 0.387 e. The predicted molar refractivity (Wildman–Crippen MR) is 90.3 cm³/mol. The summed E-state index contributed by atoms with van der Waals surface area (Å²) >= 11 is 1.53. The van der Waals surface area contributed by atoms with Crippen molar-refractivity contribution in [3.8, 4) is 0 Å². The lowest BCUT2D eigenvalue weighted by Gasteiger charge is -2.37. The van der Waals surface area contributed by atoms with Crippen LogP contribution < -0.4 is 5.73 Å². The van der Waals surface area contributed by atoms with E-state index in [0.717, 1.165) is 4.88 Å². The number of nitrogens with zero attached hydrogens (tertiary/aromatic N) is 1. The fraction of sp³-hybridized carbons (Fsp3) is 0.667. The average molecular weight is 349 g/mol. The Morgan fingerprint density at radius 3 is 3.05 bits per heavy atom. The van der Waals surface area contributed by atoms with Gasteiger partial charge in [-0.15, -0.1) is 23.7 Å². The summed E-state index contributed by atoms with van der Waals surface area (Å²) in [6, 6.07) is 3.78. The van der Waals surface area contributed by atoms with Crippen molar-refractivity contribution in [1.29, 1.82) is 0 Å². The maximum Gasteiger partial charge on any atom is 0.223 e. The van der Waals surface area contributed by atoms with Gasteiger partial charge in [0.25, 0.3) is 0 Å². The van der Waals surface area contributed by atoms with Crippen LogP contribution in [0.1, 0.15) is 30.7 Å². The van der Waals surface area contributed by atoms with Gasteiger partial charge in [0, 0.05) is 24.3 Å². The highest BCUT2D eigenvalue weighted by Crippen LogP contribution is 2.26. The maximum absolute atomic E-state index is 12.4. The van der Waals surface area contributed by atoms with E-state index < -0.39 is 6.10 Å². The number of rotatable bonds is 6. The molecule has 126 valence electrons. The van der Waals surface area contributed by atoms with Crippen molar-refractivity contribution in [3.05, 3.63) is 22.4 Å². The monoisotopic (exact) mass is 348 g/mol. The first-order chi connectivity index (χ1) is 10.1. The number of thiophene rings is 1. The van der Waals surface area contributed by atoms with Gasteiger partial charge in [-0.2, -0.15) is 0 Å². The molecule has 1 saturated heterocycles. The lowest BCUT2D eigenvalue weighted by molar-refractivity contribution is -0.142. The molecular formula is C15H25ClN2O3S. The molecule has 7 heteroatoms. The van der Waals surface area contributed by atoms with E-state index in [1.807, 2.05) is 29.3 Å². The van der Waals surface area contributed by atoms with Crippen LogP contribution in [0.5, 0.6) is 0 Å². The third-order valence-electron chi connectivity index (χ3n) is 3.84. The van der Waals surface area contributed by atoms with Gasteiger partial charge in [0.15, 0.2) is 0 Å². The van der Waals surface area contributed by atoms with E-state index in [0.29, 0.717) is 39.1 Å². The van der Waals surface area contributed by atoms with Crippen LogP contribution in [0.2, 0.25) is 0 Å². The highest BCUT2D eigenvalue weighted by atomic mass is 35.5. The Balaban J connectivity index is 0.00000242. The zero-order valence-electron chi connectivity index (χ0n) is 12.8. The zero-order chi connectivity index (χ0) is 15.2. The third kappa shape index (κ3) is 5.21.